The summed E-state index contributed by atoms with van der Waals surface area (Å²) in [6.07, 6.45) is 0.159. The van der Waals surface area contributed by atoms with Crippen LogP contribution in [0, 0.1) is 5.92 Å². The van der Waals surface area contributed by atoms with Crippen molar-refractivity contribution < 1.29 is 14.7 Å². The van der Waals surface area contributed by atoms with E-state index in [1.807, 2.05) is 30.3 Å². The van der Waals surface area contributed by atoms with Crippen molar-refractivity contribution in [1.82, 2.24) is 0 Å². The zero-order valence-electron chi connectivity index (χ0n) is 8.22. The largest absolute Gasteiger partial charge is 0.481 e. The Morgan fingerprint density at radius 3 is 2.33 bits per heavy atom. The maximum Gasteiger partial charge on any atom is 0.304 e. The number of rotatable bonds is 5. The van der Waals surface area contributed by atoms with E-state index in [0.717, 1.165) is 5.56 Å². The number of aliphatic carboxylic acids is 1. The van der Waals surface area contributed by atoms with Gasteiger partial charge in [0, 0.05) is 0 Å². The molecule has 0 saturated carbocycles. The summed E-state index contributed by atoms with van der Waals surface area (Å²) in [6, 6.07) is 9.23. The molecule has 0 aliphatic carbocycles. The molecule has 0 radical (unpaired) electrons. The Morgan fingerprint density at radius 2 is 1.87 bits per heavy atom. The first-order valence-corrected chi connectivity index (χ1v) is 4.64. The number of carboxylic acids is 1. The van der Waals surface area contributed by atoms with E-state index in [1.165, 1.54) is 0 Å². The van der Waals surface area contributed by atoms with Crippen molar-refractivity contribution in [2.24, 2.45) is 11.7 Å². The summed E-state index contributed by atoms with van der Waals surface area (Å²) in [7, 11) is 0. The summed E-state index contributed by atoms with van der Waals surface area (Å²) in [5.74, 6) is -2.21. The number of hydrogen-bond donors (Lipinski definition) is 2. The van der Waals surface area contributed by atoms with Crippen LogP contribution in [0.5, 0.6) is 0 Å². The van der Waals surface area contributed by atoms with E-state index >= 15 is 0 Å². The van der Waals surface area contributed by atoms with Crippen molar-refractivity contribution in [3.05, 3.63) is 35.9 Å². The van der Waals surface area contributed by atoms with Gasteiger partial charge in [-0.3, -0.25) is 9.59 Å². The fourth-order valence-electron chi connectivity index (χ4n) is 1.38. The molecule has 0 aliphatic heterocycles. The normalized spacial score (nSPS) is 12.0. The Kier molecular flexibility index (Phi) is 3.85. The third-order valence-electron chi connectivity index (χ3n) is 2.15. The lowest BCUT2D eigenvalue weighted by Gasteiger charge is -2.10. The summed E-state index contributed by atoms with van der Waals surface area (Å²) in [5.41, 5.74) is 6.05. The molecule has 0 aromatic heterocycles. The number of carbonyl (C=O) groups excluding carboxylic acids is 1. The van der Waals surface area contributed by atoms with Crippen molar-refractivity contribution in [3.63, 3.8) is 0 Å². The Bertz CT molecular complexity index is 348. The molecule has 1 atom stereocenters. The van der Waals surface area contributed by atoms with Gasteiger partial charge >= 0.3 is 5.97 Å². The summed E-state index contributed by atoms with van der Waals surface area (Å²) in [5, 5.41) is 8.60. The van der Waals surface area contributed by atoms with Crippen LogP contribution in [0.2, 0.25) is 0 Å². The molecule has 4 heteroatoms. The van der Waals surface area contributed by atoms with Crippen LogP contribution < -0.4 is 5.73 Å². The molecule has 0 heterocycles. The van der Waals surface area contributed by atoms with E-state index in [9.17, 15) is 9.59 Å². The Morgan fingerprint density at radius 1 is 1.27 bits per heavy atom. The monoisotopic (exact) mass is 207 g/mol. The molecule has 4 nitrogen and oxygen atoms in total. The van der Waals surface area contributed by atoms with E-state index in [-0.39, 0.29) is 6.42 Å². The maximum absolute atomic E-state index is 11.0. The summed E-state index contributed by atoms with van der Waals surface area (Å²) in [4.78, 5) is 21.5. The summed E-state index contributed by atoms with van der Waals surface area (Å²) < 4.78 is 0. The van der Waals surface area contributed by atoms with Crippen LogP contribution in [0.25, 0.3) is 0 Å². The van der Waals surface area contributed by atoms with Gasteiger partial charge in [-0.05, 0) is 12.0 Å². The van der Waals surface area contributed by atoms with Crippen LogP contribution in [-0.4, -0.2) is 17.0 Å². The van der Waals surface area contributed by atoms with Crippen LogP contribution in [0.3, 0.4) is 0 Å². The Balaban J connectivity index is 2.67. The predicted molar refractivity (Wildman–Crippen MR) is 55.1 cm³/mol. The number of hydrogen-bond acceptors (Lipinski definition) is 2. The van der Waals surface area contributed by atoms with Gasteiger partial charge in [0.25, 0.3) is 0 Å². The minimum absolute atomic E-state index is 0.218. The minimum atomic E-state index is -1.00. The molecule has 1 amide bonds. The molecule has 80 valence electrons. The van der Waals surface area contributed by atoms with Gasteiger partial charge in [-0.25, -0.2) is 0 Å². The first-order chi connectivity index (χ1) is 7.09. The fourth-order valence-corrected chi connectivity index (χ4v) is 1.38. The topological polar surface area (TPSA) is 80.4 Å². The molecule has 1 aromatic carbocycles. The van der Waals surface area contributed by atoms with E-state index < -0.39 is 17.8 Å². The SMILES string of the molecule is NC(=O)[C@@H](CC(=O)O)Cc1ccccc1. The van der Waals surface area contributed by atoms with Gasteiger partial charge in [0.1, 0.15) is 0 Å². The van der Waals surface area contributed by atoms with Gasteiger partial charge in [-0.15, -0.1) is 0 Å². The molecule has 0 bridgehead atoms. The average molecular weight is 207 g/mol. The van der Waals surface area contributed by atoms with Crippen molar-refractivity contribution in [2.75, 3.05) is 0 Å². The van der Waals surface area contributed by atoms with Gasteiger partial charge in [0.05, 0.1) is 12.3 Å². The van der Waals surface area contributed by atoms with Gasteiger partial charge in [0.15, 0.2) is 0 Å². The zero-order valence-corrected chi connectivity index (χ0v) is 8.22. The van der Waals surface area contributed by atoms with E-state index in [0.29, 0.717) is 6.42 Å². The molecule has 0 unspecified atom stereocenters. The van der Waals surface area contributed by atoms with Crippen LogP contribution in [0.4, 0.5) is 0 Å². The molecule has 1 aromatic rings. The van der Waals surface area contributed by atoms with E-state index in [1.54, 1.807) is 0 Å². The van der Waals surface area contributed by atoms with Crippen molar-refractivity contribution in [3.8, 4) is 0 Å². The number of benzene rings is 1. The Labute approximate surface area is 87.7 Å². The predicted octanol–water partition coefficient (Wildman–Crippen LogP) is 0.805. The van der Waals surface area contributed by atoms with Crippen LogP contribution in [-0.2, 0) is 16.0 Å². The highest BCUT2D eigenvalue weighted by Gasteiger charge is 2.19. The van der Waals surface area contributed by atoms with E-state index in [4.69, 9.17) is 10.8 Å². The summed E-state index contributed by atoms with van der Waals surface area (Å²) >= 11 is 0. The van der Waals surface area contributed by atoms with Gasteiger partial charge in [-0.2, -0.15) is 0 Å². The molecule has 1 rings (SSSR count). The van der Waals surface area contributed by atoms with Crippen molar-refractivity contribution in [2.45, 2.75) is 12.8 Å². The molecular weight excluding hydrogens is 194 g/mol. The highest BCUT2D eigenvalue weighted by Crippen LogP contribution is 2.11. The van der Waals surface area contributed by atoms with Gasteiger partial charge in [0.2, 0.25) is 5.91 Å². The highest BCUT2D eigenvalue weighted by molar-refractivity contribution is 5.82. The Hall–Kier alpha value is -1.84. The fraction of sp³-hybridized carbons (Fsp3) is 0.273. The smallest absolute Gasteiger partial charge is 0.304 e. The first kappa shape index (κ1) is 11.2. The second-order valence-electron chi connectivity index (χ2n) is 3.39. The molecule has 0 spiro atoms. The number of nitrogens with two attached hydrogens (primary N) is 1. The van der Waals surface area contributed by atoms with E-state index in [2.05, 4.69) is 0 Å². The molecule has 0 fully saturated rings. The third kappa shape index (κ3) is 3.81. The average Bonchev–Trinajstić information content (AvgIpc) is 2.17. The molecule has 0 aliphatic rings. The van der Waals surface area contributed by atoms with Gasteiger partial charge in [-0.1, -0.05) is 30.3 Å². The maximum atomic E-state index is 11.0. The quantitative estimate of drug-likeness (QED) is 0.749. The number of carboxylic acid groups (broad SMARTS) is 1. The summed E-state index contributed by atoms with van der Waals surface area (Å²) in [6.45, 7) is 0. The number of carbonyl (C=O) groups is 2. The third-order valence-corrected chi connectivity index (χ3v) is 2.15. The van der Waals surface area contributed by atoms with Crippen molar-refractivity contribution in [1.29, 1.82) is 0 Å². The number of primary amides is 1. The molecular formula is C11H13NO3. The second kappa shape index (κ2) is 5.14. The standard InChI is InChI=1S/C11H13NO3/c12-11(15)9(7-10(13)14)6-8-4-2-1-3-5-8/h1-5,9H,6-7H2,(H2,12,15)(H,13,14)/t9-/m1/s1. The lowest BCUT2D eigenvalue weighted by atomic mass is 9.96. The lowest BCUT2D eigenvalue weighted by Crippen LogP contribution is -2.27. The van der Waals surface area contributed by atoms with Crippen LogP contribution in [0.15, 0.2) is 30.3 Å². The molecule has 15 heavy (non-hydrogen) atoms. The number of amides is 1. The first-order valence-electron chi connectivity index (χ1n) is 4.64. The highest BCUT2D eigenvalue weighted by atomic mass is 16.4. The second-order valence-corrected chi connectivity index (χ2v) is 3.39. The molecule has 3 N–H and O–H groups in total. The van der Waals surface area contributed by atoms with Crippen LogP contribution in [0.1, 0.15) is 12.0 Å². The molecule has 0 saturated heterocycles. The minimum Gasteiger partial charge on any atom is -0.481 e. The van der Waals surface area contributed by atoms with Crippen LogP contribution >= 0.6 is 0 Å². The zero-order chi connectivity index (χ0) is 11.3. The van der Waals surface area contributed by atoms with Gasteiger partial charge < -0.3 is 10.8 Å². The lowest BCUT2D eigenvalue weighted by molar-refractivity contribution is -0.140. The van der Waals surface area contributed by atoms with Crippen molar-refractivity contribution >= 4 is 11.9 Å².